The molecule has 3 aromatic rings. The zero-order valence-electron chi connectivity index (χ0n) is 16.4. The Balaban J connectivity index is 1.41. The molecule has 1 aromatic carbocycles. The van der Waals surface area contributed by atoms with Gasteiger partial charge in [0.25, 0.3) is 0 Å². The van der Waals surface area contributed by atoms with E-state index in [1.54, 1.807) is 4.57 Å². The summed E-state index contributed by atoms with van der Waals surface area (Å²) in [5.74, 6) is 1.24. The van der Waals surface area contributed by atoms with Crippen LogP contribution in [-0.4, -0.2) is 37.3 Å². The zero-order chi connectivity index (χ0) is 20.0. The Hall–Kier alpha value is -3.06. The number of benzene rings is 1. The van der Waals surface area contributed by atoms with Crippen LogP contribution >= 0.6 is 0 Å². The van der Waals surface area contributed by atoms with E-state index in [9.17, 15) is 9.59 Å². The summed E-state index contributed by atoms with van der Waals surface area (Å²) in [5, 5.41) is 4.64. The molecule has 4 heterocycles. The molecule has 5 rings (SSSR count). The second-order valence-electron chi connectivity index (χ2n) is 8.10. The maximum absolute atomic E-state index is 12.7. The molecule has 0 bridgehead atoms. The minimum atomic E-state index is -0.542. The summed E-state index contributed by atoms with van der Waals surface area (Å²) in [6, 6.07) is 13.9. The Kier molecular flexibility index (Phi) is 4.39. The molecule has 2 unspecified atom stereocenters. The lowest BCUT2D eigenvalue weighted by Gasteiger charge is -2.17. The third-order valence-corrected chi connectivity index (χ3v) is 5.99. The molecule has 0 N–H and O–H groups in total. The van der Waals surface area contributed by atoms with Gasteiger partial charge in [-0.15, -0.1) is 0 Å². The number of nitrogens with zero attached hydrogens (tertiary/aromatic N) is 5. The molecule has 2 aromatic heterocycles. The van der Waals surface area contributed by atoms with Gasteiger partial charge in [-0.1, -0.05) is 35.9 Å². The lowest BCUT2D eigenvalue weighted by molar-refractivity contribution is 0.300. The topological polar surface area (TPSA) is 73.0 Å². The Morgan fingerprint density at radius 2 is 1.79 bits per heavy atom. The maximum atomic E-state index is 12.7. The van der Waals surface area contributed by atoms with Crippen molar-refractivity contribution in [2.75, 3.05) is 13.1 Å². The molecule has 0 radical (unpaired) electrons. The molecular weight excluding hydrogens is 366 g/mol. The number of aryl methyl sites for hydroxylation is 1. The molecule has 29 heavy (non-hydrogen) atoms. The van der Waals surface area contributed by atoms with E-state index >= 15 is 0 Å². The summed E-state index contributed by atoms with van der Waals surface area (Å²) >= 11 is 0. The van der Waals surface area contributed by atoms with Crippen molar-refractivity contribution in [3.05, 3.63) is 92.0 Å². The van der Waals surface area contributed by atoms with Crippen LogP contribution in [0.25, 0.3) is 0 Å². The molecule has 2 atom stereocenters. The van der Waals surface area contributed by atoms with Gasteiger partial charge >= 0.3 is 11.1 Å². The molecule has 0 spiro atoms. The van der Waals surface area contributed by atoms with Gasteiger partial charge in [0.05, 0.1) is 12.2 Å². The highest BCUT2D eigenvalue weighted by Gasteiger charge is 2.42. The molecule has 2 aliphatic heterocycles. The number of fused-ring (bicyclic) bond motifs is 3. The van der Waals surface area contributed by atoms with Crippen LogP contribution in [0.2, 0.25) is 0 Å². The van der Waals surface area contributed by atoms with E-state index < -0.39 is 11.1 Å². The van der Waals surface area contributed by atoms with Crippen LogP contribution in [0.4, 0.5) is 0 Å². The van der Waals surface area contributed by atoms with E-state index in [4.69, 9.17) is 0 Å². The number of pyridine rings is 1. The molecule has 1 saturated heterocycles. The van der Waals surface area contributed by atoms with Gasteiger partial charge in [-0.2, -0.15) is 5.10 Å². The fourth-order valence-corrected chi connectivity index (χ4v) is 4.50. The summed E-state index contributed by atoms with van der Waals surface area (Å²) in [6.45, 7) is 5.42. The van der Waals surface area contributed by atoms with Crippen LogP contribution in [0.15, 0.2) is 58.3 Å². The third-order valence-electron chi connectivity index (χ3n) is 5.99. The monoisotopic (exact) mass is 389 g/mol. The second kappa shape index (κ2) is 7.08. The highest BCUT2D eigenvalue weighted by atomic mass is 16.2. The van der Waals surface area contributed by atoms with Gasteiger partial charge in [0.1, 0.15) is 5.82 Å². The van der Waals surface area contributed by atoms with Crippen LogP contribution in [-0.2, 0) is 19.6 Å². The standard InChI is InChI=1S/C22H23N5O2/c1-15-5-7-16(8-6-15)10-27-22(29)21(28)26-12-17-11-25(14-19(17)20(26)24-27)13-18-4-2-3-9-23-18/h2-9,17,19H,10-14H2,1H3. The SMILES string of the molecule is Cc1ccc(Cn2nc3n(c(=O)c2=O)CC2CN(Cc4ccccn4)CC32)cc1. The average Bonchev–Trinajstić information content (AvgIpc) is 3.26. The van der Waals surface area contributed by atoms with Gasteiger partial charge in [-0.3, -0.25) is 24.0 Å². The normalized spacial score (nSPS) is 20.6. The first-order valence-electron chi connectivity index (χ1n) is 9.98. The summed E-state index contributed by atoms with van der Waals surface area (Å²) in [7, 11) is 0. The third kappa shape index (κ3) is 3.31. The number of aromatic nitrogens is 4. The molecule has 0 saturated carbocycles. The van der Waals surface area contributed by atoms with E-state index in [1.807, 2.05) is 55.6 Å². The molecular formula is C22H23N5O2. The van der Waals surface area contributed by atoms with Crippen LogP contribution in [0, 0.1) is 12.8 Å². The van der Waals surface area contributed by atoms with Crippen molar-refractivity contribution >= 4 is 0 Å². The van der Waals surface area contributed by atoms with E-state index in [1.165, 1.54) is 4.68 Å². The Bertz CT molecular complexity index is 1150. The predicted octanol–water partition coefficient (Wildman–Crippen LogP) is 1.39. The van der Waals surface area contributed by atoms with Crippen molar-refractivity contribution in [2.45, 2.75) is 32.5 Å². The summed E-state index contributed by atoms with van der Waals surface area (Å²) < 4.78 is 2.93. The minimum absolute atomic E-state index is 0.177. The molecule has 148 valence electrons. The summed E-state index contributed by atoms with van der Waals surface area (Å²) in [5.41, 5.74) is 2.17. The van der Waals surface area contributed by atoms with Crippen molar-refractivity contribution in [1.29, 1.82) is 0 Å². The lowest BCUT2D eigenvalue weighted by atomic mass is 10.00. The van der Waals surface area contributed by atoms with E-state index in [-0.39, 0.29) is 5.92 Å². The largest absolute Gasteiger partial charge is 0.332 e. The van der Waals surface area contributed by atoms with Crippen molar-refractivity contribution in [3.63, 3.8) is 0 Å². The van der Waals surface area contributed by atoms with Crippen molar-refractivity contribution in [2.24, 2.45) is 5.92 Å². The van der Waals surface area contributed by atoms with Gasteiger partial charge in [-0.05, 0) is 24.6 Å². The Morgan fingerprint density at radius 3 is 2.55 bits per heavy atom. The van der Waals surface area contributed by atoms with E-state index in [2.05, 4.69) is 15.0 Å². The summed E-state index contributed by atoms with van der Waals surface area (Å²) in [4.78, 5) is 32.0. The van der Waals surface area contributed by atoms with Gasteiger partial charge in [0.15, 0.2) is 0 Å². The van der Waals surface area contributed by atoms with Gasteiger partial charge < -0.3 is 0 Å². The maximum Gasteiger partial charge on any atom is 0.332 e. The fourth-order valence-electron chi connectivity index (χ4n) is 4.50. The first-order valence-corrected chi connectivity index (χ1v) is 9.98. The molecule has 0 aliphatic carbocycles. The van der Waals surface area contributed by atoms with Crippen molar-refractivity contribution < 1.29 is 0 Å². The van der Waals surface area contributed by atoms with Crippen LogP contribution in [0.5, 0.6) is 0 Å². The number of likely N-dealkylation sites (tertiary alicyclic amines) is 1. The van der Waals surface area contributed by atoms with Crippen LogP contribution in [0.3, 0.4) is 0 Å². The van der Waals surface area contributed by atoms with Crippen molar-refractivity contribution in [1.82, 2.24) is 24.2 Å². The second-order valence-corrected chi connectivity index (χ2v) is 8.10. The zero-order valence-corrected chi connectivity index (χ0v) is 16.4. The Morgan fingerprint density at radius 1 is 0.966 bits per heavy atom. The number of rotatable bonds is 4. The van der Waals surface area contributed by atoms with Crippen LogP contribution in [0.1, 0.15) is 28.6 Å². The first kappa shape index (κ1) is 18.0. The number of hydrogen-bond donors (Lipinski definition) is 0. The Labute approximate surface area is 168 Å². The molecule has 2 aliphatic rings. The lowest BCUT2D eigenvalue weighted by Crippen LogP contribution is -2.44. The van der Waals surface area contributed by atoms with Gasteiger partial charge in [0.2, 0.25) is 0 Å². The van der Waals surface area contributed by atoms with Gasteiger partial charge in [0, 0.05) is 44.2 Å². The quantitative estimate of drug-likeness (QED) is 0.631. The minimum Gasteiger partial charge on any atom is -0.296 e. The molecule has 0 amide bonds. The molecule has 1 fully saturated rings. The average molecular weight is 389 g/mol. The fraction of sp³-hybridized carbons (Fsp3) is 0.364. The summed E-state index contributed by atoms with van der Waals surface area (Å²) in [6.07, 6.45) is 1.81. The molecule has 7 heteroatoms. The smallest absolute Gasteiger partial charge is 0.296 e. The predicted molar refractivity (Wildman–Crippen MR) is 109 cm³/mol. The molecule has 7 nitrogen and oxygen atoms in total. The highest BCUT2D eigenvalue weighted by Crippen LogP contribution is 2.37. The van der Waals surface area contributed by atoms with E-state index in [0.29, 0.717) is 19.0 Å². The van der Waals surface area contributed by atoms with Crippen LogP contribution < -0.4 is 11.1 Å². The van der Waals surface area contributed by atoms with Crippen molar-refractivity contribution in [3.8, 4) is 0 Å². The highest BCUT2D eigenvalue weighted by molar-refractivity contribution is 5.21. The van der Waals surface area contributed by atoms with E-state index in [0.717, 1.165) is 42.3 Å². The first-order chi connectivity index (χ1) is 14.1. The van der Waals surface area contributed by atoms with Gasteiger partial charge in [-0.25, -0.2) is 4.68 Å². The number of hydrogen-bond acceptors (Lipinski definition) is 5.